The molecule has 2 aromatic carbocycles. The predicted octanol–water partition coefficient (Wildman–Crippen LogP) is 3.32. The van der Waals surface area contributed by atoms with Crippen LogP contribution in [0.4, 0.5) is 0 Å². The summed E-state index contributed by atoms with van der Waals surface area (Å²) in [5.74, 6) is -0.947. The Morgan fingerprint density at radius 1 is 1.09 bits per heavy atom. The number of hydrogen-bond donors (Lipinski definition) is 2. The van der Waals surface area contributed by atoms with Gasteiger partial charge in [0.05, 0.1) is 5.56 Å². The van der Waals surface area contributed by atoms with Crippen LogP contribution in [0, 0.1) is 6.92 Å². The zero-order chi connectivity index (χ0) is 15.7. The van der Waals surface area contributed by atoms with E-state index in [9.17, 15) is 9.90 Å². The number of carboxylic acids is 1. The van der Waals surface area contributed by atoms with E-state index in [1.165, 1.54) is 0 Å². The van der Waals surface area contributed by atoms with Gasteiger partial charge in [-0.05, 0) is 53.1 Å². The number of carboxylic acid groups (broad SMARTS) is 1. The topological polar surface area (TPSA) is 70.4 Å². The number of aromatic carboxylic acids is 1. The lowest BCUT2D eigenvalue weighted by atomic mass is 9.96. The van der Waals surface area contributed by atoms with Crippen molar-refractivity contribution in [2.45, 2.75) is 13.0 Å². The molecule has 4 heteroatoms. The normalized spacial score (nSPS) is 12.3. The molecule has 2 N–H and O–H groups in total. The van der Waals surface area contributed by atoms with Gasteiger partial charge in [0.2, 0.25) is 0 Å². The summed E-state index contributed by atoms with van der Waals surface area (Å²) in [5.41, 5.74) is 2.75. The van der Waals surface area contributed by atoms with E-state index in [-0.39, 0.29) is 5.56 Å². The first-order chi connectivity index (χ1) is 10.6. The third kappa shape index (κ3) is 2.56. The lowest BCUT2D eigenvalue weighted by Crippen LogP contribution is -2.02. The van der Waals surface area contributed by atoms with E-state index in [0.29, 0.717) is 0 Å². The maximum atomic E-state index is 11.0. The summed E-state index contributed by atoms with van der Waals surface area (Å²) in [7, 11) is 0. The van der Waals surface area contributed by atoms with Crippen molar-refractivity contribution in [3.05, 3.63) is 77.1 Å². The molecular formula is C18H15NO3. The summed E-state index contributed by atoms with van der Waals surface area (Å²) in [6.07, 6.45) is 2.61. The maximum Gasteiger partial charge on any atom is 0.335 e. The van der Waals surface area contributed by atoms with Crippen molar-refractivity contribution in [1.82, 2.24) is 4.98 Å². The number of aliphatic hydroxyl groups is 1. The van der Waals surface area contributed by atoms with E-state index >= 15 is 0 Å². The Bertz CT molecular complexity index is 858. The Morgan fingerprint density at radius 3 is 2.55 bits per heavy atom. The van der Waals surface area contributed by atoms with Gasteiger partial charge in [0.1, 0.15) is 6.10 Å². The van der Waals surface area contributed by atoms with E-state index < -0.39 is 12.1 Å². The molecule has 1 atom stereocenters. The van der Waals surface area contributed by atoms with E-state index in [2.05, 4.69) is 4.98 Å². The molecular weight excluding hydrogens is 278 g/mol. The molecule has 0 aliphatic heterocycles. The van der Waals surface area contributed by atoms with Crippen molar-refractivity contribution in [2.75, 3.05) is 0 Å². The standard InChI is InChI=1S/C18H15NO3/c1-11-6-7-19-10-16(11)17(20)14-4-2-13-9-15(18(21)22)5-3-12(13)8-14/h2-10,17,20H,1H3,(H,21,22). The molecule has 0 spiro atoms. The van der Waals surface area contributed by atoms with Crippen LogP contribution in [-0.4, -0.2) is 21.2 Å². The fraction of sp³-hybridized carbons (Fsp3) is 0.111. The van der Waals surface area contributed by atoms with Crippen LogP contribution >= 0.6 is 0 Å². The third-order valence-corrected chi connectivity index (χ3v) is 3.80. The van der Waals surface area contributed by atoms with Gasteiger partial charge >= 0.3 is 5.97 Å². The van der Waals surface area contributed by atoms with Crippen LogP contribution in [0.5, 0.6) is 0 Å². The molecule has 3 rings (SSSR count). The van der Waals surface area contributed by atoms with Gasteiger partial charge in [0, 0.05) is 18.0 Å². The maximum absolute atomic E-state index is 11.0. The van der Waals surface area contributed by atoms with E-state index in [4.69, 9.17) is 5.11 Å². The van der Waals surface area contributed by atoms with Gasteiger partial charge in [-0.15, -0.1) is 0 Å². The number of hydrogen-bond acceptors (Lipinski definition) is 3. The van der Waals surface area contributed by atoms with Gasteiger partial charge in [-0.1, -0.05) is 18.2 Å². The van der Waals surface area contributed by atoms with Crippen LogP contribution in [0.1, 0.15) is 33.2 Å². The number of benzene rings is 2. The first-order valence-electron chi connectivity index (χ1n) is 6.92. The van der Waals surface area contributed by atoms with Crippen LogP contribution in [0.2, 0.25) is 0 Å². The molecule has 4 nitrogen and oxygen atoms in total. The molecule has 1 unspecified atom stereocenters. The highest BCUT2D eigenvalue weighted by atomic mass is 16.4. The molecule has 0 fully saturated rings. The minimum Gasteiger partial charge on any atom is -0.478 e. The molecule has 0 bridgehead atoms. The average molecular weight is 293 g/mol. The third-order valence-electron chi connectivity index (χ3n) is 3.80. The zero-order valence-electron chi connectivity index (χ0n) is 12.0. The summed E-state index contributed by atoms with van der Waals surface area (Å²) in [4.78, 5) is 15.1. The van der Waals surface area contributed by atoms with Crippen molar-refractivity contribution in [2.24, 2.45) is 0 Å². The molecule has 0 saturated heterocycles. The van der Waals surface area contributed by atoms with E-state index in [1.54, 1.807) is 30.6 Å². The van der Waals surface area contributed by atoms with Crippen molar-refractivity contribution >= 4 is 16.7 Å². The second-order valence-electron chi connectivity index (χ2n) is 5.26. The quantitative estimate of drug-likeness (QED) is 0.777. The number of rotatable bonds is 3. The SMILES string of the molecule is Cc1ccncc1C(O)c1ccc2cc(C(=O)O)ccc2c1. The first kappa shape index (κ1) is 14.2. The molecule has 110 valence electrons. The fourth-order valence-corrected chi connectivity index (χ4v) is 2.51. The Hall–Kier alpha value is -2.72. The van der Waals surface area contributed by atoms with Gasteiger partial charge in [-0.3, -0.25) is 4.98 Å². The van der Waals surface area contributed by atoms with Crippen LogP contribution in [0.25, 0.3) is 10.8 Å². The molecule has 1 heterocycles. The first-order valence-corrected chi connectivity index (χ1v) is 6.92. The van der Waals surface area contributed by atoms with Gasteiger partial charge in [0.25, 0.3) is 0 Å². The van der Waals surface area contributed by atoms with Crippen LogP contribution in [0.3, 0.4) is 0 Å². The summed E-state index contributed by atoms with van der Waals surface area (Å²) >= 11 is 0. The Morgan fingerprint density at radius 2 is 1.82 bits per heavy atom. The Balaban J connectivity index is 2.04. The van der Waals surface area contributed by atoms with Gasteiger partial charge in [0.15, 0.2) is 0 Å². The second-order valence-corrected chi connectivity index (χ2v) is 5.26. The van der Waals surface area contributed by atoms with Crippen LogP contribution < -0.4 is 0 Å². The Labute approximate surface area is 127 Å². The molecule has 0 aliphatic carbocycles. The van der Waals surface area contributed by atoms with Gasteiger partial charge in [-0.25, -0.2) is 4.79 Å². The number of pyridine rings is 1. The van der Waals surface area contributed by atoms with E-state index in [1.807, 2.05) is 31.2 Å². The zero-order valence-corrected chi connectivity index (χ0v) is 12.0. The largest absolute Gasteiger partial charge is 0.478 e. The molecule has 3 aromatic rings. The summed E-state index contributed by atoms with van der Waals surface area (Å²) < 4.78 is 0. The highest BCUT2D eigenvalue weighted by Gasteiger charge is 2.14. The fourth-order valence-electron chi connectivity index (χ4n) is 2.51. The average Bonchev–Trinajstić information content (AvgIpc) is 2.53. The van der Waals surface area contributed by atoms with Crippen molar-refractivity contribution < 1.29 is 15.0 Å². The van der Waals surface area contributed by atoms with Crippen molar-refractivity contribution in [3.63, 3.8) is 0 Å². The Kier molecular flexibility index (Phi) is 3.61. The summed E-state index contributed by atoms with van der Waals surface area (Å²) in [5, 5.41) is 21.3. The molecule has 0 saturated carbocycles. The minimum atomic E-state index is -0.947. The molecule has 0 amide bonds. The molecule has 0 radical (unpaired) electrons. The van der Waals surface area contributed by atoms with Gasteiger partial charge in [-0.2, -0.15) is 0 Å². The van der Waals surface area contributed by atoms with Crippen LogP contribution in [-0.2, 0) is 0 Å². The molecule has 1 aromatic heterocycles. The molecule has 0 aliphatic rings. The lowest BCUT2D eigenvalue weighted by Gasteiger charge is -2.14. The number of nitrogens with zero attached hydrogens (tertiary/aromatic N) is 1. The van der Waals surface area contributed by atoms with Crippen molar-refractivity contribution in [1.29, 1.82) is 0 Å². The predicted molar refractivity (Wildman–Crippen MR) is 83.9 cm³/mol. The lowest BCUT2D eigenvalue weighted by molar-refractivity contribution is 0.0697. The summed E-state index contributed by atoms with van der Waals surface area (Å²) in [6, 6.07) is 12.3. The number of carbonyl (C=O) groups is 1. The number of aryl methyl sites for hydroxylation is 1. The number of fused-ring (bicyclic) bond motifs is 1. The van der Waals surface area contributed by atoms with Crippen molar-refractivity contribution in [3.8, 4) is 0 Å². The molecule has 22 heavy (non-hydrogen) atoms. The van der Waals surface area contributed by atoms with E-state index in [0.717, 1.165) is 27.5 Å². The smallest absolute Gasteiger partial charge is 0.335 e. The second kappa shape index (κ2) is 5.58. The monoisotopic (exact) mass is 293 g/mol. The van der Waals surface area contributed by atoms with Gasteiger partial charge < -0.3 is 10.2 Å². The van der Waals surface area contributed by atoms with Crippen LogP contribution in [0.15, 0.2) is 54.9 Å². The minimum absolute atomic E-state index is 0.254. The highest BCUT2D eigenvalue weighted by Crippen LogP contribution is 2.27. The summed E-state index contributed by atoms with van der Waals surface area (Å²) in [6.45, 7) is 1.93. The number of aliphatic hydroxyl groups excluding tert-OH is 1. The number of aromatic nitrogens is 1. The highest BCUT2D eigenvalue weighted by molar-refractivity contribution is 5.94.